The second-order valence-electron chi connectivity index (χ2n) is 11.7. The van der Waals surface area contributed by atoms with Crippen molar-refractivity contribution in [2.75, 3.05) is 13.2 Å². The Kier molecular flexibility index (Phi) is 7.91. The van der Waals surface area contributed by atoms with Crippen molar-refractivity contribution in [2.24, 2.45) is 4.99 Å². The number of carboxylic acids is 1. The lowest BCUT2D eigenvalue weighted by atomic mass is 9.89. The predicted molar refractivity (Wildman–Crippen MR) is 162 cm³/mol. The van der Waals surface area contributed by atoms with Crippen LogP contribution in [0.1, 0.15) is 45.9 Å². The van der Waals surface area contributed by atoms with Gasteiger partial charge in [0, 0.05) is 47.7 Å². The molecular formula is C34H31FN2O9. The van der Waals surface area contributed by atoms with Crippen LogP contribution in [0.15, 0.2) is 65.7 Å². The molecule has 5 atom stereocenters. The third-order valence-electron chi connectivity index (χ3n) is 8.90. The molecule has 3 aromatic carbocycles. The molecule has 12 heteroatoms. The fourth-order valence-electron chi connectivity index (χ4n) is 6.54. The monoisotopic (exact) mass is 630 g/mol. The minimum absolute atomic E-state index is 0.0937. The molecular weight excluding hydrogens is 599 g/mol. The fourth-order valence-corrected chi connectivity index (χ4v) is 6.54. The summed E-state index contributed by atoms with van der Waals surface area (Å²) < 4.78 is 32.2. The number of fused-ring (bicyclic) bond motifs is 2. The van der Waals surface area contributed by atoms with Crippen LogP contribution in [-0.2, 0) is 25.5 Å². The number of carboxylic acid groups (broad SMARTS) is 1. The van der Waals surface area contributed by atoms with Crippen LogP contribution >= 0.6 is 0 Å². The van der Waals surface area contributed by atoms with E-state index in [9.17, 15) is 34.4 Å². The summed E-state index contributed by atoms with van der Waals surface area (Å²) in [7, 11) is 0. The molecule has 4 heterocycles. The zero-order chi connectivity index (χ0) is 32.1. The highest BCUT2D eigenvalue weighted by molar-refractivity contribution is 6.03. The number of halogens is 1. The standard InChI is InChI=1S/C34H31FN2O9/c35-22-5-7-23(8-6-22)37-25-14-21-16-36-15-20(21)13-24(25)26(27(37)18-9-11-44-12-10-18)17-1-3-19(4-2-17)33(43)46-34-30(40)28(38)29(39)31(45-34)32(41)42/h1-8,13-14,16,18,28-31,34,38-40H,9-12,15H2,(H,41,42)/t28-,29-,30+,31-,34?/m0/s1. The average Bonchev–Trinajstić information content (AvgIpc) is 3.66. The van der Waals surface area contributed by atoms with E-state index in [-0.39, 0.29) is 17.3 Å². The Balaban J connectivity index is 1.29. The summed E-state index contributed by atoms with van der Waals surface area (Å²) in [4.78, 5) is 29.0. The molecule has 4 aromatic rings. The van der Waals surface area contributed by atoms with E-state index in [0.717, 1.165) is 57.4 Å². The number of esters is 1. The number of aliphatic carboxylic acids is 1. The van der Waals surface area contributed by atoms with Crippen LogP contribution in [0.5, 0.6) is 0 Å². The molecule has 1 aromatic heterocycles. The maximum Gasteiger partial charge on any atom is 0.340 e. The van der Waals surface area contributed by atoms with Crippen molar-refractivity contribution in [1.29, 1.82) is 0 Å². The van der Waals surface area contributed by atoms with Gasteiger partial charge in [0.05, 0.1) is 17.6 Å². The number of carbonyl (C=O) groups is 2. The maximum absolute atomic E-state index is 14.0. The molecule has 0 saturated carbocycles. The van der Waals surface area contributed by atoms with Gasteiger partial charge in [-0.1, -0.05) is 12.1 Å². The summed E-state index contributed by atoms with van der Waals surface area (Å²) in [5.41, 5.74) is 6.79. The Morgan fingerprint density at radius 1 is 0.935 bits per heavy atom. The minimum Gasteiger partial charge on any atom is -0.479 e. The molecule has 11 nitrogen and oxygen atoms in total. The predicted octanol–water partition coefficient (Wildman–Crippen LogP) is 3.31. The van der Waals surface area contributed by atoms with E-state index in [0.29, 0.717) is 19.8 Å². The van der Waals surface area contributed by atoms with Crippen molar-refractivity contribution < 1.29 is 48.6 Å². The lowest BCUT2D eigenvalue weighted by Crippen LogP contribution is -2.60. The van der Waals surface area contributed by atoms with Crippen LogP contribution in [0.25, 0.3) is 27.7 Å². The van der Waals surface area contributed by atoms with Gasteiger partial charge in [-0.3, -0.25) is 4.99 Å². The molecule has 0 radical (unpaired) electrons. The van der Waals surface area contributed by atoms with Crippen molar-refractivity contribution in [3.05, 3.63) is 88.9 Å². The van der Waals surface area contributed by atoms with Gasteiger partial charge >= 0.3 is 11.9 Å². The van der Waals surface area contributed by atoms with Gasteiger partial charge in [0.2, 0.25) is 6.29 Å². The van der Waals surface area contributed by atoms with Crippen molar-refractivity contribution in [3.63, 3.8) is 0 Å². The molecule has 7 rings (SSSR count). The molecule has 46 heavy (non-hydrogen) atoms. The van der Waals surface area contributed by atoms with Crippen LogP contribution in [0, 0.1) is 5.82 Å². The van der Waals surface area contributed by atoms with Gasteiger partial charge in [-0.05, 0) is 78.1 Å². The molecule has 0 aliphatic carbocycles. The quantitative estimate of drug-likeness (QED) is 0.235. The molecule has 3 aliphatic rings. The number of aromatic nitrogens is 1. The Labute approximate surface area is 262 Å². The van der Waals surface area contributed by atoms with Gasteiger partial charge in [-0.15, -0.1) is 0 Å². The number of hydrogen-bond acceptors (Lipinski definition) is 9. The van der Waals surface area contributed by atoms with E-state index in [1.165, 1.54) is 12.1 Å². The highest BCUT2D eigenvalue weighted by Crippen LogP contribution is 2.44. The maximum atomic E-state index is 14.0. The SMILES string of the molecule is O=C(OC1O[C@H](C(=O)O)[C@@H](O)[C@H](O)[C@H]1O)c1ccc(-c2c(C3CCOCC3)n(-c3ccc(F)cc3)c3cc4c(cc23)CN=C4)cc1. The van der Waals surface area contributed by atoms with E-state index >= 15 is 0 Å². The lowest BCUT2D eigenvalue weighted by molar-refractivity contribution is -0.278. The number of hydrogen-bond donors (Lipinski definition) is 4. The molecule has 0 spiro atoms. The number of aliphatic imine (C=N–C) groups is 1. The normalized spacial score (nSPS) is 24.7. The third-order valence-corrected chi connectivity index (χ3v) is 8.90. The van der Waals surface area contributed by atoms with Crippen LogP contribution in [0.4, 0.5) is 4.39 Å². The Morgan fingerprint density at radius 3 is 2.35 bits per heavy atom. The molecule has 238 valence electrons. The topological polar surface area (TPSA) is 160 Å². The van der Waals surface area contributed by atoms with Gasteiger partial charge in [0.1, 0.15) is 24.1 Å². The summed E-state index contributed by atoms with van der Waals surface area (Å²) in [5, 5.41) is 40.6. The molecule has 4 N–H and O–H groups in total. The summed E-state index contributed by atoms with van der Waals surface area (Å²) in [6.07, 6.45) is -5.94. The Bertz CT molecular complexity index is 1830. The summed E-state index contributed by atoms with van der Waals surface area (Å²) >= 11 is 0. The van der Waals surface area contributed by atoms with Crippen molar-refractivity contribution in [3.8, 4) is 16.8 Å². The largest absolute Gasteiger partial charge is 0.479 e. The molecule has 2 saturated heterocycles. The summed E-state index contributed by atoms with van der Waals surface area (Å²) in [5.74, 6) is -2.71. The first-order chi connectivity index (χ1) is 22.2. The molecule has 2 fully saturated rings. The van der Waals surface area contributed by atoms with Crippen LogP contribution in [-0.4, -0.2) is 87.1 Å². The van der Waals surface area contributed by atoms with E-state index in [1.54, 1.807) is 36.4 Å². The number of benzene rings is 3. The molecule has 3 aliphatic heterocycles. The van der Waals surface area contributed by atoms with Crippen molar-refractivity contribution >= 4 is 29.1 Å². The van der Waals surface area contributed by atoms with Crippen LogP contribution in [0.3, 0.4) is 0 Å². The Morgan fingerprint density at radius 2 is 1.65 bits per heavy atom. The van der Waals surface area contributed by atoms with Crippen LogP contribution in [0.2, 0.25) is 0 Å². The highest BCUT2D eigenvalue weighted by Gasteiger charge is 2.48. The van der Waals surface area contributed by atoms with E-state index in [1.807, 2.05) is 6.21 Å². The number of aliphatic hydroxyl groups excluding tert-OH is 3. The first kappa shape index (κ1) is 30.2. The highest BCUT2D eigenvalue weighted by atomic mass is 19.1. The van der Waals surface area contributed by atoms with Gasteiger partial charge in [0.25, 0.3) is 0 Å². The van der Waals surface area contributed by atoms with Crippen molar-refractivity contribution in [2.45, 2.75) is 56.0 Å². The minimum atomic E-state index is -1.91. The zero-order valence-corrected chi connectivity index (χ0v) is 24.5. The summed E-state index contributed by atoms with van der Waals surface area (Å²) in [6, 6.07) is 17.3. The van der Waals surface area contributed by atoms with E-state index in [4.69, 9.17) is 14.2 Å². The van der Waals surface area contributed by atoms with Gasteiger partial charge < -0.3 is 39.2 Å². The summed E-state index contributed by atoms with van der Waals surface area (Å²) in [6.45, 7) is 1.77. The lowest BCUT2D eigenvalue weighted by Gasteiger charge is -2.37. The van der Waals surface area contributed by atoms with Gasteiger partial charge in [0.15, 0.2) is 6.10 Å². The average molecular weight is 631 g/mol. The fraction of sp³-hybridized carbons (Fsp3) is 0.324. The first-order valence-corrected chi connectivity index (χ1v) is 15.0. The molecule has 0 amide bonds. The van der Waals surface area contributed by atoms with E-state index in [2.05, 4.69) is 21.7 Å². The third kappa shape index (κ3) is 5.27. The Hall–Kier alpha value is -4.46. The number of carbonyl (C=O) groups excluding carboxylic acids is 1. The number of aliphatic hydroxyl groups is 3. The number of rotatable bonds is 6. The van der Waals surface area contributed by atoms with Gasteiger partial charge in [-0.25, -0.2) is 14.0 Å². The van der Waals surface area contributed by atoms with Gasteiger partial charge in [-0.2, -0.15) is 0 Å². The molecule has 0 bridgehead atoms. The van der Waals surface area contributed by atoms with Crippen molar-refractivity contribution in [1.82, 2.24) is 4.57 Å². The van der Waals surface area contributed by atoms with E-state index < -0.39 is 42.6 Å². The number of nitrogens with zero attached hydrogens (tertiary/aromatic N) is 2. The van der Waals surface area contributed by atoms with Crippen LogP contribution < -0.4 is 0 Å². The second-order valence-corrected chi connectivity index (χ2v) is 11.7. The zero-order valence-electron chi connectivity index (χ0n) is 24.5. The first-order valence-electron chi connectivity index (χ1n) is 15.0. The second kappa shape index (κ2) is 12.0. The smallest absolute Gasteiger partial charge is 0.340 e. The number of ether oxygens (including phenoxy) is 3. The molecule has 1 unspecified atom stereocenters.